The molecule has 1 fully saturated rings. The summed E-state index contributed by atoms with van der Waals surface area (Å²) in [5, 5.41) is 0. The van der Waals surface area contributed by atoms with Crippen molar-refractivity contribution in [1.29, 1.82) is 0 Å². The summed E-state index contributed by atoms with van der Waals surface area (Å²) < 4.78 is 0. The summed E-state index contributed by atoms with van der Waals surface area (Å²) in [6.45, 7) is 6.55. The zero-order valence-corrected chi connectivity index (χ0v) is 8.05. The van der Waals surface area contributed by atoms with Gasteiger partial charge in [0.1, 0.15) is 5.78 Å². The van der Waals surface area contributed by atoms with Crippen LogP contribution in [-0.2, 0) is 4.79 Å². The van der Waals surface area contributed by atoms with E-state index in [0.717, 1.165) is 12.8 Å². The number of rotatable bonds is 0. The van der Waals surface area contributed by atoms with E-state index >= 15 is 0 Å². The first-order valence-corrected chi connectivity index (χ1v) is 4.72. The minimum atomic E-state index is 0.246. The van der Waals surface area contributed by atoms with Crippen molar-refractivity contribution in [3.8, 4) is 0 Å². The molecule has 66 valence electrons. The molecule has 12 heavy (non-hydrogen) atoms. The second-order valence-electron chi connectivity index (χ2n) is 4.90. The average Bonchev–Trinajstić information content (AvgIpc) is 2.38. The standard InChI is InChI=1S/C11H16O/c1-7-4-5-8-10(7)9(12)6-11(8,2)3/h4,8,10H,5-6H2,1-3H3/t8-,10+/m0/s1. The van der Waals surface area contributed by atoms with Crippen LogP contribution in [0.3, 0.4) is 0 Å². The molecule has 0 aliphatic heterocycles. The smallest absolute Gasteiger partial charge is 0.140 e. The summed E-state index contributed by atoms with van der Waals surface area (Å²) in [5.74, 6) is 1.35. The van der Waals surface area contributed by atoms with Gasteiger partial charge in [-0.1, -0.05) is 25.5 Å². The Bertz CT molecular complexity index is 260. The Morgan fingerprint density at radius 3 is 2.75 bits per heavy atom. The molecule has 0 N–H and O–H groups in total. The SMILES string of the molecule is CC1=CC[C@H]2[C@@H]1C(=O)CC2(C)C. The highest BCUT2D eigenvalue weighted by Gasteiger charge is 2.49. The third-order valence-corrected chi connectivity index (χ3v) is 3.57. The topological polar surface area (TPSA) is 17.1 Å². The van der Waals surface area contributed by atoms with Crippen molar-refractivity contribution < 1.29 is 4.79 Å². The second kappa shape index (κ2) is 2.21. The fourth-order valence-electron chi connectivity index (χ4n) is 2.83. The van der Waals surface area contributed by atoms with Crippen molar-refractivity contribution >= 4 is 5.78 Å². The molecule has 0 unspecified atom stereocenters. The van der Waals surface area contributed by atoms with E-state index < -0.39 is 0 Å². The van der Waals surface area contributed by atoms with E-state index in [1.54, 1.807) is 0 Å². The molecular formula is C11H16O. The summed E-state index contributed by atoms with van der Waals surface area (Å²) in [4.78, 5) is 11.6. The van der Waals surface area contributed by atoms with Gasteiger partial charge in [0, 0.05) is 12.3 Å². The lowest BCUT2D eigenvalue weighted by Crippen LogP contribution is -2.19. The van der Waals surface area contributed by atoms with Gasteiger partial charge in [0.2, 0.25) is 0 Å². The van der Waals surface area contributed by atoms with E-state index in [-0.39, 0.29) is 11.3 Å². The zero-order valence-electron chi connectivity index (χ0n) is 8.05. The lowest BCUT2D eigenvalue weighted by atomic mass is 9.79. The fraction of sp³-hybridized carbons (Fsp3) is 0.727. The molecule has 2 aliphatic rings. The van der Waals surface area contributed by atoms with Crippen LogP contribution in [-0.4, -0.2) is 5.78 Å². The predicted octanol–water partition coefficient (Wildman–Crippen LogP) is 2.57. The van der Waals surface area contributed by atoms with Crippen LogP contribution in [0.5, 0.6) is 0 Å². The predicted molar refractivity (Wildman–Crippen MR) is 48.8 cm³/mol. The summed E-state index contributed by atoms with van der Waals surface area (Å²) >= 11 is 0. The fourth-order valence-corrected chi connectivity index (χ4v) is 2.83. The third-order valence-electron chi connectivity index (χ3n) is 3.57. The number of carbonyl (C=O) groups is 1. The van der Waals surface area contributed by atoms with Crippen molar-refractivity contribution in [3.05, 3.63) is 11.6 Å². The van der Waals surface area contributed by atoms with Gasteiger partial charge < -0.3 is 0 Å². The quantitative estimate of drug-likeness (QED) is 0.503. The Morgan fingerprint density at radius 2 is 2.17 bits per heavy atom. The number of Topliss-reactive ketones (excluding diaryl/α,β-unsaturated/α-hetero) is 1. The monoisotopic (exact) mass is 164 g/mol. The molecule has 2 aliphatic carbocycles. The average molecular weight is 164 g/mol. The number of hydrogen-bond donors (Lipinski definition) is 0. The van der Waals surface area contributed by atoms with Gasteiger partial charge in [-0.05, 0) is 24.7 Å². The Balaban J connectivity index is 2.34. The minimum absolute atomic E-state index is 0.246. The van der Waals surface area contributed by atoms with Crippen LogP contribution in [0.4, 0.5) is 0 Å². The maximum absolute atomic E-state index is 11.6. The van der Waals surface area contributed by atoms with Gasteiger partial charge in [0.05, 0.1) is 0 Å². The van der Waals surface area contributed by atoms with Crippen molar-refractivity contribution in [2.45, 2.75) is 33.6 Å². The number of carbonyl (C=O) groups excluding carboxylic acids is 1. The van der Waals surface area contributed by atoms with Crippen LogP contribution < -0.4 is 0 Å². The number of allylic oxidation sites excluding steroid dienone is 2. The second-order valence-corrected chi connectivity index (χ2v) is 4.90. The molecule has 1 heteroatoms. The molecule has 1 nitrogen and oxygen atoms in total. The molecule has 0 spiro atoms. The van der Waals surface area contributed by atoms with E-state index in [4.69, 9.17) is 0 Å². The van der Waals surface area contributed by atoms with Crippen LogP contribution >= 0.6 is 0 Å². The van der Waals surface area contributed by atoms with Gasteiger partial charge in [-0.2, -0.15) is 0 Å². The summed E-state index contributed by atoms with van der Waals surface area (Å²) in [5.41, 5.74) is 1.56. The van der Waals surface area contributed by atoms with Crippen molar-refractivity contribution in [2.24, 2.45) is 17.3 Å². The van der Waals surface area contributed by atoms with Crippen LogP contribution in [0, 0.1) is 17.3 Å². The molecule has 0 aromatic carbocycles. The summed E-state index contributed by atoms with van der Waals surface area (Å²) in [6.07, 6.45) is 4.15. The largest absolute Gasteiger partial charge is 0.299 e. The maximum atomic E-state index is 11.6. The Hall–Kier alpha value is -0.590. The molecular weight excluding hydrogens is 148 g/mol. The molecule has 2 atom stereocenters. The van der Waals surface area contributed by atoms with E-state index in [1.807, 2.05) is 0 Å². The van der Waals surface area contributed by atoms with Crippen LogP contribution in [0.25, 0.3) is 0 Å². The molecule has 0 radical (unpaired) electrons. The molecule has 2 rings (SSSR count). The Labute approximate surface area is 73.8 Å². The van der Waals surface area contributed by atoms with Crippen LogP contribution in [0.2, 0.25) is 0 Å². The first-order chi connectivity index (χ1) is 5.52. The zero-order chi connectivity index (χ0) is 8.93. The number of fused-ring (bicyclic) bond motifs is 1. The molecule has 0 saturated heterocycles. The van der Waals surface area contributed by atoms with E-state index in [2.05, 4.69) is 26.8 Å². The highest BCUT2D eigenvalue weighted by Crippen LogP contribution is 2.52. The lowest BCUT2D eigenvalue weighted by Gasteiger charge is -2.25. The first kappa shape index (κ1) is 8.03. The summed E-state index contributed by atoms with van der Waals surface area (Å²) in [7, 11) is 0. The third kappa shape index (κ3) is 0.886. The number of hydrogen-bond acceptors (Lipinski definition) is 1. The molecule has 0 aromatic rings. The number of ketones is 1. The van der Waals surface area contributed by atoms with Gasteiger partial charge in [0.25, 0.3) is 0 Å². The maximum Gasteiger partial charge on any atom is 0.140 e. The van der Waals surface area contributed by atoms with E-state index in [0.29, 0.717) is 11.7 Å². The van der Waals surface area contributed by atoms with Crippen molar-refractivity contribution in [2.75, 3.05) is 0 Å². The van der Waals surface area contributed by atoms with Crippen molar-refractivity contribution in [1.82, 2.24) is 0 Å². The van der Waals surface area contributed by atoms with E-state index in [9.17, 15) is 4.79 Å². The normalized spacial score (nSPS) is 38.2. The lowest BCUT2D eigenvalue weighted by molar-refractivity contribution is -0.120. The van der Waals surface area contributed by atoms with Gasteiger partial charge in [-0.25, -0.2) is 0 Å². The summed E-state index contributed by atoms with van der Waals surface area (Å²) in [6, 6.07) is 0. The first-order valence-electron chi connectivity index (χ1n) is 4.72. The Kier molecular flexibility index (Phi) is 1.48. The molecule has 0 bridgehead atoms. The molecule has 0 heterocycles. The van der Waals surface area contributed by atoms with Crippen LogP contribution in [0.15, 0.2) is 11.6 Å². The highest BCUT2D eigenvalue weighted by molar-refractivity contribution is 5.87. The minimum Gasteiger partial charge on any atom is -0.299 e. The molecule has 1 saturated carbocycles. The highest BCUT2D eigenvalue weighted by atomic mass is 16.1. The van der Waals surface area contributed by atoms with Gasteiger partial charge in [-0.3, -0.25) is 4.79 Å². The molecule has 0 amide bonds. The van der Waals surface area contributed by atoms with E-state index in [1.165, 1.54) is 5.57 Å². The van der Waals surface area contributed by atoms with Gasteiger partial charge in [0.15, 0.2) is 0 Å². The van der Waals surface area contributed by atoms with Gasteiger partial charge >= 0.3 is 0 Å². The Morgan fingerprint density at radius 1 is 1.50 bits per heavy atom. The molecule has 0 aromatic heterocycles. The van der Waals surface area contributed by atoms with Crippen molar-refractivity contribution in [3.63, 3.8) is 0 Å². The van der Waals surface area contributed by atoms with Crippen LogP contribution in [0.1, 0.15) is 33.6 Å². The van der Waals surface area contributed by atoms with Gasteiger partial charge in [-0.15, -0.1) is 0 Å².